The van der Waals surface area contributed by atoms with Crippen LogP contribution in [-0.4, -0.2) is 22.2 Å². The summed E-state index contributed by atoms with van der Waals surface area (Å²) in [4.78, 5) is 21.2. The van der Waals surface area contributed by atoms with Gasteiger partial charge in [-0.3, -0.25) is 0 Å². The number of hydrogen-bond acceptors (Lipinski definition) is 2. The molecule has 0 aromatic rings. The van der Waals surface area contributed by atoms with Gasteiger partial charge >= 0.3 is 11.9 Å². The van der Waals surface area contributed by atoms with Gasteiger partial charge in [-0.15, -0.1) is 0 Å². The fourth-order valence-electron chi connectivity index (χ4n) is 1.36. The second-order valence-electron chi connectivity index (χ2n) is 5.23. The Morgan fingerprint density at radius 2 is 0.917 bits per heavy atom. The summed E-state index contributed by atoms with van der Waals surface area (Å²) in [5.41, 5.74) is 2.55. The quantitative estimate of drug-likeness (QED) is 0.504. The molecule has 0 unspecified atom stereocenters. The average molecular weight is 328 g/mol. The molecule has 0 aliphatic heterocycles. The summed E-state index contributed by atoms with van der Waals surface area (Å²) < 4.78 is 0. The SMILES string of the molecule is CC(/C=C/C=C(\C)C(=O)O)=C\C=C/C=C(C)/C=C/C=C(\C)C(=O)O. The highest BCUT2D eigenvalue weighted by molar-refractivity contribution is 5.86. The number of carboxylic acid groups (broad SMARTS) is 2. The molecule has 4 nitrogen and oxygen atoms in total. The summed E-state index contributed by atoms with van der Waals surface area (Å²) in [6.45, 7) is 6.92. The van der Waals surface area contributed by atoms with Crippen molar-refractivity contribution in [3.63, 3.8) is 0 Å². The molecular weight excluding hydrogens is 304 g/mol. The molecule has 0 bridgehead atoms. The second kappa shape index (κ2) is 11.7. The molecule has 0 fully saturated rings. The number of allylic oxidation sites excluding steroid dienone is 12. The maximum Gasteiger partial charge on any atom is 0.331 e. The molecule has 0 aliphatic rings. The standard InChI is InChI=1S/C20H24O4/c1-15(11-7-13-17(3)19(21)22)9-5-6-10-16(2)12-8-14-18(4)20(23)24/h5-14H,1-4H3,(H,21,22)(H,23,24)/b6-5-,11-7+,12-8+,15-9+,16-10+,17-13+,18-14+. The van der Waals surface area contributed by atoms with Crippen molar-refractivity contribution < 1.29 is 19.8 Å². The van der Waals surface area contributed by atoms with E-state index in [1.54, 1.807) is 38.2 Å². The summed E-state index contributed by atoms with van der Waals surface area (Å²) in [6.07, 6.45) is 17.7. The van der Waals surface area contributed by atoms with Crippen molar-refractivity contribution >= 4 is 11.9 Å². The van der Waals surface area contributed by atoms with Gasteiger partial charge in [0.15, 0.2) is 0 Å². The highest BCUT2D eigenvalue weighted by Crippen LogP contribution is 2.01. The predicted molar refractivity (Wildman–Crippen MR) is 97.7 cm³/mol. The fourth-order valence-corrected chi connectivity index (χ4v) is 1.36. The molecule has 4 heteroatoms. The Kier molecular flexibility index (Phi) is 10.3. The first-order chi connectivity index (χ1) is 11.2. The van der Waals surface area contributed by atoms with Crippen LogP contribution in [0, 0.1) is 0 Å². The Labute approximate surface area is 143 Å². The van der Waals surface area contributed by atoms with Crippen molar-refractivity contribution in [1.82, 2.24) is 0 Å². The van der Waals surface area contributed by atoms with Crippen molar-refractivity contribution in [3.05, 3.63) is 83.1 Å². The highest BCUT2D eigenvalue weighted by atomic mass is 16.4. The molecule has 0 spiro atoms. The van der Waals surface area contributed by atoms with Crippen LogP contribution in [0.1, 0.15) is 27.7 Å². The van der Waals surface area contributed by atoms with E-state index >= 15 is 0 Å². The van der Waals surface area contributed by atoms with Crippen LogP contribution in [-0.2, 0) is 9.59 Å². The van der Waals surface area contributed by atoms with Gasteiger partial charge in [0.1, 0.15) is 0 Å². The van der Waals surface area contributed by atoms with Crippen LogP contribution in [0.2, 0.25) is 0 Å². The average Bonchev–Trinajstić information content (AvgIpc) is 2.51. The first-order valence-electron chi connectivity index (χ1n) is 7.42. The normalized spacial score (nSPS) is 15.0. The van der Waals surface area contributed by atoms with Crippen LogP contribution in [0.25, 0.3) is 0 Å². The zero-order valence-electron chi connectivity index (χ0n) is 14.5. The van der Waals surface area contributed by atoms with E-state index < -0.39 is 11.9 Å². The van der Waals surface area contributed by atoms with Gasteiger partial charge in [0.2, 0.25) is 0 Å². The minimum Gasteiger partial charge on any atom is -0.478 e. The maximum atomic E-state index is 10.6. The molecule has 0 radical (unpaired) electrons. The molecular formula is C20H24O4. The predicted octanol–water partition coefficient (Wildman–Crippen LogP) is 4.61. The van der Waals surface area contributed by atoms with Crippen molar-refractivity contribution in [1.29, 1.82) is 0 Å². The van der Waals surface area contributed by atoms with Crippen molar-refractivity contribution in [2.24, 2.45) is 0 Å². The molecule has 0 aliphatic carbocycles. The minimum atomic E-state index is -0.928. The van der Waals surface area contributed by atoms with Gasteiger partial charge in [-0.2, -0.15) is 0 Å². The Balaban J connectivity index is 4.63. The molecule has 0 aromatic carbocycles. The topological polar surface area (TPSA) is 74.6 Å². The van der Waals surface area contributed by atoms with Gasteiger partial charge in [-0.1, -0.05) is 71.9 Å². The lowest BCUT2D eigenvalue weighted by atomic mass is 10.2. The molecule has 0 atom stereocenters. The molecule has 0 saturated heterocycles. The summed E-state index contributed by atoms with van der Waals surface area (Å²) in [7, 11) is 0. The first kappa shape index (κ1) is 21.1. The monoisotopic (exact) mass is 328 g/mol. The maximum absolute atomic E-state index is 10.6. The third kappa shape index (κ3) is 10.8. The van der Waals surface area contributed by atoms with E-state index in [9.17, 15) is 9.59 Å². The number of rotatable bonds is 8. The van der Waals surface area contributed by atoms with E-state index in [2.05, 4.69) is 0 Å². The van der Waals surface area contributed by atoms with Gasteiger partial charge in [0, 0.05) is 11.1 Å². The van der Waals surface area contributed by atoms with Crippen molar-refractivity contribution in [2.75, 3.05) is 0 Å². The summed E-state index contributed by atoms with van der Waals surface area (Å²) in [5, 5.41) is 17.4. The molecule has 0 amide bonds. The van der Waals surface area contributed by atoms with E-state index in [1.807, 2.05) is 50.3 Å². The summed E-state index contributed by atoms with van der Waals surface area (Å²) in [6, 6.07) is 0. The van der Waals surface area contributed by atoms with Crippen LogP contribution in [0.5, 0.6) is 0 Å². The number of carboxylic acids is 2. The zero-order valence-corrected chi connectivity index (χ0v) is 14.5. The Hall–Kier alpha value is -2.88. The van der Waals surface area contributed by atoms with Crippen LogP contribution in [0.15, 0.2) is 83.1 Å². The lowest BCUT2D eigenvalue weighted by Gasteiger charge is -1.90. The molecule has 128 valence electrons. The Morgan fingerprint density at radius 1 is 0.583 bits per heavy atom. The Morgan fingerprint density at radius 3 is 1.21 bits per heavy atom. The molecule has 24 heavy (non-hydrogen) atoms. The third-order valence-electron chi connectivity index (χ3n) is 2.91. The summed E-state index contributed by atoms with van der Waals surface area (Å²) in [5.74, 6) is -1.86. The second-order valence-corrected chi connectivity index (χ2v) is 5.23. The molecule has 0 heterocycles. The number of aliphatic carboxylic acids is 2. The molecule has 0 saturated carbocycles. The lowest BCUT2D eigenvalue weighted by Crippen LogP contribution is -1.94. The van der Waals surface area contributed by atoms with Gasteiger partial charge in [0.25, 0.3) is 0 Å². The number of hydrogen-bond donors (Lipinski definition) is 2. The smallest absolute Gasteiger partial charge is 0.331 e. The van der Waals surface area contributed by atoms with E-state index in [1.165, 1.54) is 0 Å². The van der Waals surface area contributed by atoms with Gasteiger partial charge in [0.05, 0.1) is 0 Å². The lowest BCUT2D eigenvalue weighted by molar-refractivity contribution is -0.133. The number of carbonyl (C=O) groups is 2. The van der Waals surface area contributed by atoms with E-state index in [0.717, 1.165) is 11.1 Å². The first-order valence-corrected chi connectivity index (χ1v) is 7.42. The largest absolute Gasteiger partial charge is 0.478 e. The van der Waals surface area contributed by atoms with Crippen LogP contribution in [0.3, 0.4) is 0 Å². The fraction of sp³-hybridized carbons (Fsp3) is 0.200. The van der Waals surface area contributed by atoms with E-state index in [0.29, 0.717) is 0 Å². The molecule has 0 rings (SSSR count). The van der Waals surface area contributed by atoms with E-state index in [-0.39, 0.29) is 11.1 Å². The van der Waals surface area contributed by atoms with Gasteiger partial charge in [-0.05, 0) is 27.7 Å². The van der Waals surface area contributed by atoms with Crippen LogP contribution in [0.4, 0.5) is 0 Å². The van der Waals surface area contributed by atoms with Crippen molar-refractivity contribution in [2.45, 2.75) is 27.7 Å². The Bertz CT molecular complexity index is 608. The van der Waals surface area contributed by atoms with Crippen molar-refractivity contribution in [3.8, 4) is 0 Å². The van der Waals surface area contributed by atoms with E-state index in [4.69, 9.17) is 10.2 Å². The van der Waals surface area contributed by atoms with Crippen LogP contribution < -0.4 is 0 Å². The molecule has 0 aromatic heterocycles. The van der Waals surface area contributed by atoms with Gasteiger partial charge in [-0.25, -0.2) is 9.59 Å². The highest BCUT2D eigenvalue weighted by Gasteiger charge is 1.96. The molecule has 2 N–H and O–H groups in total. The summed E-state index contributed by atoms with van der Waals surface area (Å²) >= 11 is 0. The third-order valence-corrected chi connectivity index (χ3v) is 2.91. The van der Waals surface area contributed by atoms with Crippen LogP contribution >= 0.6 is 0 Å². The minimum absolute atomic E-state index is 0.284. The van der Waals surface area contributed by atoms with Gasteiger partial charge < -0.3 is 10.2 Å². The zero-order chi connectivity index (χ0) is 18.5.